The van der Waals surface area contributed by atoms with Crippen LogP contribution in [0.25, 0.3) is 21.9 Å². The highest BCUT2D eigenvalue weighted by molar-refractivity contribution is 7.13. The van der Waals surface area contributed by atoms with E-state index >= 15 is 0 Å². The van der Waals surface area contributed by atoms with Crippen LogP contribution in [-0.4, -0.2) is 38.8 Å². The first-order valence-electron chi connectivity index (χ1n) is 8.41. The fourth-order valence-corrected chi connectivity index (χ4v) is 3.40. The Morgan fingerprint density at radius 3 is 2.65 bits per heavy atom. The summed E-state index contributed by atoms with van der Waals surface area (Å²) in [4.78, 5) is 27.5. The average Bonchev–Trinajstić information content (AvgIpc) is 3.29. The Bertz CT molecular complexity index is 955. The highest BCUT2D eigenvalue weighted by Crippen LogP contribution is 2.32. The highest BCUT2D eigenvalue weighted by Gasteiger charge is 2.19. The summed E-state index contributed by atoms with van der Waals surface area (Å²) in [5, 5.41) is 10.3. The van der Waals surface area contributed by atoms with E-state index in [1.165, 1.54) is 22.1 Å². The molecule has 26 heavy (non-hydrogen) atoms. The summed E-state index contributed by atoms with van der Waals surface area (Å²) in [6.07, 6.45) is 0. The van der Waals surface area contributed by atoms with E-state index in [0.717, 1.165) is 10.6 Å². The second kappa shape index (κ2) is 7.65. The van der Waals surface area contributed by atoms with Crippen LogP contribution in [0.4, 0.5) is 0 Å². The third-order valence-electron chi connectivity index (χ3n) is 4.05. The van der Waals surface area contributed by atoms with Crippen molar-refractivity contribution in [1.29, 1.82) is 0 Å². The molecule has 0 saturated heterocycles. The lowest BCUT2D eigenvalue weighted by atomic mass is 10.1. The number of aryl methyl sites for hydroxylation is 1. The van der Waals surface area contributed by atoms with Crippen LogP contribution in [0, 0.1) is 6.92 Å². The van der Waals surface area contributed by atoms with Gasteiger partial charge in [0.2, 0.25) is 5.91 Å². The number of likely N-dealkylation sites (N-methyl/N-ethyl adjacent to an activating group) is 1. The molecule has 0 saturated carbocycles. The van der Waals surface area contributed by atoms with Gasteiger partial charge in [0.05, 0.1) is 16.1 Å². The smallest absolute Gasteiger partial charge is 0.268 e. The molecule has 3 rings (SSSR count). The van der Waals surface area contributed by atoms with Gasteiger partial charge in [-0.2, -0.15) is 5.10 Å². The second-order valence-electron chi connectivity index (χ2n) is 5.78. The molecule has 8 heteroatoms. The minimum Gasteiger partial charge on any atom is -0.356 e. The molecule has 3 aromatic rings. The Morgan fingerprint density at radius 1 is 1.31 bits per heavy atom. The van der Waals surface area contributed by atoms with Crippen LogP contribution in [0.3, 0.4) is 0 Å². The van der Waals surface area contributed by atoms with Crippen LogP contribution in [0.1, 0.15) is 19.5 Å². The number of rotatable bonds is 6. The van der Waals surface area contributed by atoms with Crippen molar-refractivity contribution in [2.75, 3.05) is 13.1 Å². The topological polar surface area (TPSA) is 81.2 Å². The molecule has 3 heterocycles. The molecule has 0 atom stereocenters. The van der Waals surface area contributed by atoms with Gasteiger partial charge in [0.25, 0.3) is 5.56 Å². The highest BCUT2D eigenvalue weighted by atomic mass is 32.1. The predicted molar refractivity (Wildman–Crippen MR) is 100.0 cm³/mol. The summed E-state index contributed by atoms with van der Waals surface area (Å²) in [6.45, 7) is 6.73. The third kappa shape index (κ3) is 3.60. The molecular formula is C18H20N4O3S. The lowest BCUT2D eigenvalue weighted by molar-refractivity contribution is -0.131. The third-order valence-corrected chi connectivity index (χ3v) is 4.92. The zero-order valence-corrected chi connectivity index (χ0v) is 15.7. The number of carbonyl (C=O) groups excluding carboxylic acids is 1. The van der Waals surface area contributed by atoms with Crippen LogP contribution in [0.5, 0.6) is 0 Å². The van der Waals surface area contributed by atoms with Gasteiger partial charge < -0.3 is 9.42 Å². The van der Waals surface area contributed by atoms with Crippen LogP contribution in [-0.2, 0) is 11.3 Å². The van der Waals surface area contributed by atoms with Crippen molar-refractivity contribution in [2.24, 2.45) is 0 Å². The van der Waals surface area contributed by atoms with Crippen molar-refractivity contribution in [2.45, 2.75) is 27.3 Å². The molecule has 1 amide bonds. The van der Waals surface area contributed by atoms with Crippen molar-refractivity contribution in [3.05, 3.63) is 45.7 Å². The zero-order valence-electron chi connectivity index (χ0n) is 14.9. The number of amides is 1. The van der Waals surface area contributed by atoms with Gasteiger partial charge in [0, 0.05) is 25.2 Å². The molecule has 0 spiro atoms. The van der Waals surface area contributed by atoms with Gasteiger partial charge in [-0.1, -0.05) is 11.2 Å². The standard InChI is InChI=1S/C18H20N4O3S/c1-4-21(5-2)17(24)11-22-16(23)10-13(14-9-12(3)20-25-14)18(19-22)15-7-6-8-26-15/h6-10H,4-5,11H2,1-3H3. The Labute approximate surface area is 154 Å². The van der Waals surface area contributed by atoms with Crippen molar-refractivity contribution in [3.63, 3.8) is 0 Å². The molecule has 0 N–H and O–H groups in total. The predicted octanol–water partition coefficient (Wildman–Crippen LogP) is 2.80. The Morgan fingerprint density at radius 2 is 2.08 bits per heavy atom. The maximum Gasteiger partial charge on any atom is 0.268 e. The molecule has 0 fully saturated rings. The molecule has 0 unspecified atom stereocenters. The number of nitrogens with zero attached hydrogens (tertiary/aromatic N) is 4. The summed E-state index contributed by atoms with van der Waals surface area (Å²) < 4.78 is 6.54. The summed E-state index contributed by atoms with van der Waals surface area (Å²) in [7, 11) is 0. The first-order valence-corrected chi connectivity index (χ1v) is 9.29. The number of hydrogen-bond acceptors (Lipinski definition) is 6. The summed E-state index contributed by atoms with van der Waals surface area (Å²) in [5.41, 5.74) is 1.54. The molecule has 0 bridgehead atoms. The summed E-state index contributed by atoms with van der Waals surface area (Å²) in [5.74, 6) is 0.350. The van der Waals surface area contributed by atoms with Crippen LogP contribution < -0.4 is 5.56 Å². The number of carbonyl (C=O) groups is 1. The van der Waals surface area contributed by atoms with Crippen LogP contribution in [0.2, 0.25) is 0 Å². The van der Waals surface area contributed by atoms with Gasteiger partial charge in [-0.25, -0.2) is 4.68 Å². The zero-order chi connectivity index (χ0) is 18.7. The van der Waals surface area contributed by atoms with Crippen LogP contribution in [0.15, 0.2) is 39.0 Å². The van der Waals surface area contributed by atoms with E-state index in [-0.39, 0.29) is 18.0 Å². The Balaban J connectivity index is 2.07. The van der Waals surface area contributed by atoms with Gasteiger partial charge in [-0.15, -0.1) is 11.3 Å². The van der Waals surface area contributed by atoms with Crippen molar-refractivity contribution < 1.29 is 9.32 Å². The molecular weight excluding hydrogens is 352 g/mol. The van der Waals surface area contributed by atoms with E-state index in [4.69, 9.17) is 4.52 Å². The molecule has 3 aromatic heterocycles. The van der Waals surface area contributed by atoms with E-state index in [9.17, 15) is 9.59 Å². The minimum absolute atomic E-state index is 0.0887. The lowest BCUT2D eigenvalue weighted by Gasteiger charge is -2.19. The quantitative estimate of drug-likeness (QED) is 0.665. The molecule has 0 aliphatic heterocycles. The van der Waals surface area contributed by atoms with Gasteiger partial charge >= 0.3 is 0 Å². The summed E-state index contributed by atoms with van der Waals surface area (Å²) >= 11 is 1.51. The van der Waals surface area contributed by atoms with Crippen molar-refractivity contribution in [3.8, 4) is 21.9 Å². The van der Waals surface area contributed by atoms with E-state index < -0.39 is 0 Å². The number of hydrogen-bond donors (Lipinski definition) is 0. The van der Waals surface area contributed by atoms with E-state index in [0.29, 0.717) is 30.1 Å². The summed E-state index contributed by atoms with van der Waals surface area (Å²) in [6, 6.07) is 7.05. The fourth-order valence-electron chi connectivity index (χ4n) is 2.68. The largest absolute Gasteiger partial charge is 0.356 e. The Kier molecular flexibility index (Phi) is 5.32. The normalized spacial score (nSPS) is 10.9. The van der Waals surface area contributed by atoms with E-state index in [1.54, 1.807) is 11.0 Å². The first-order chi connectivity index (χ1) is 12.5. The van der Waals surface area contributed by atoms with Crippen molar-refractivity contribution in [1.82, 2.24) is 19.8 Å². The molecule has 0 aromatic carbocycles. The maximum atomic E-state index is 12.5. The fraction of sp³-hybridized carbons (Fsp3) is 0.333. The SMILES string of the molecule is CCN(CC)C(=O)Cn1nc(-c2cccs2)c(-c2cc(C)no2)cc1=O. The van der Waals surface area contributed by atoms with E-state index in [1.807, 2.05) is 38.3 Å². The second-order valence-corrected chi connectivity index (χ2v) is 6.73. The van der Waals surface area contributed by atoms with Crippen LogP contribution >= 0.6 is 11.3 Å². The van der Waals surface area contributed by atoms with E-state index in [2.05, 4.69) is 10.3 Å². The maximum absolute atomic E-state index is 12.5. The van der Waals surface area contributed by atoms with Gasteiger partial charge in [0.1, 0.15) is 12.2 Å². The lowest BCUT2D eigenvalue weighted by Crippen LogP contribution is -2.37. The molecule has 0 aliphatic carbocycles. The number of aromatic nitrogens is 3. The first kappa shape index (κ1) is 18.1. The Hall–Kier alpha value is -2.74. The minimum atomic E-state index is -0.352. The molecule has 0 radical (unpaired) electrons. The molecule has 7 nitrogen and oxygen atoms in total. The van der Waals surface area contributed by atoms with Gasteiger partial charge in [0.15, 0.2) is 5.76 Å². The number of thiophene rings is 1. The molecule has 0 aliphatic rings. The van der Waals surface area contributed by atoms with Gasteiger partial charge in [-0.05, 0) is 32.2 Å². The van der Waals surface area contributed by atoms with Crippen molar-refractivity contribution >= 4 is 17.2 Å². The van der Waals surface area contributed by atoms with Gasteiger partial charge in [-0.3, -0.25) is 9.59 Å². The monoisotopic (exact) mass is 372 g/mol. The average molecular weight is 372 g/mol. The molecule has 136 valence electrons.